The van der Waals surface area contributed by atoms with Gasteiger partial charge in [-0.05, 0) is 18.8 Å². The molecule has 16 heavy (non-hydrogen) atoms. The van der Waals surface area contributed by atoms with E-state index in [9.17, 15) is 9.59 Å². The van der Waals surface area contributed by atoms with E-state index in [0.717, 1.165) is 24.8 Å². The van der Waals surface area contributed by atoms with Crippen molar-refractivity contribution in [3.05, 3.63) is 12.2 Å². The molecule has 1 aliphatic rings. The first-order valence-electron chi connectivity index (χ1n) is 5.87. The van der Waals surface area contributed by atoms with Crippen LogP contribution in [-0.4, -0.2) is 18.9 Å². The highest BCUT2D eigenvalue weighted by Gasteiger charge is 2.35. The molecule has 3 heteroatoms. The molecule has 0 saturated heterocycles. The molecule has 0 bridgehead atoms. The van der Waals surface area contributed by atoms with E-state index in [1.54, 1.807) is 0 Å². The molecule has 0 spiro atoms. The van der Waals surface area contributed by atoms with Gasteiger partial charge in [-0.15, -0.1) is 0 Å². The van der Waals surface area contributed by atoms with E-state index in [2.05, 4.69) is 13.5 Å². The van der Waals surface area contributed by atoms with Gasteiger partial charge in [0, 0.05) is 12.8 Å². The Morgan fingerprint density at radius 1 is 1.62 bits per heavy atom. The van der Waals surface area contributed by atoms with E-state index < -0.39 is 0 Å². The standard InChI is InChI=1S/C13H20O3/c1-4-5-9(2)12(13(15)16-3)10-6-7-11(14)8-10/h10,12H,2,4-8H2,1,3H3. The number of hydrogen-bond donors (Lipinski definition) is 0. The molecule has 1 saturated carbocycles. The first kappa shape index (κ1) is 12.9. The van der Waals surface area contributed by atoms with Crippen molar-refractivity contribution < 1.29 is 14.3 Å². The van der Waals surface area contributed by atoms with E-state index in [0.29, 0.717) is 12.8 Å². The van der Waals surface area contributed by atoms with Gasteiger partial charge in [0.15, 0.2) is 0 Å². The molecule has 0 N–H and O–H groups in total. The molecule has 1 rings (SSSR count). The fourth-order valence-electron chi connectivity index (χ4n) is 2.42. The highest BCUT2D eigenvalue weighted by molar-refractivity contribution is 5.83. The van der Waals surface area contributed by atoms with Crippen LogP contribution in [0.15, 0.2) is 12.2 Å². The van der Waals surface area contributed by atoms with Gasteiger partial charge in [-0.3, -0.25) is 9.59 Å². The normalized spacial score (nSPS) is 21.9. The van der Waals surface area contributed by atoms with Crippen molar-refractivity contribution in [3.63, 3.8) is 0 Å². The topological polar surface area (TPSA) is 43.4 Å². The Labute approximate surface area is 96.9 Å². The van der Waals surface area contributed by atoms with Crippen molar-refractivity contribution in [2.24, 2.45) is 11.8 Å². The lowest BCUT2D eigenvalue weighted by atomic mass is 9.83. The lowest BCUT2D eigenvalue weighted by molar-refractivity contribution is -0.145. The molecule has 2 atom stereocenters. The minimum absolute atomic E-state index is 0.110. The van der Waals surface area contributed by atoms with Crippen LogP contribution in [0, 0.1) is 11.8 Å². The maximum absolute atomic E-state index is 11.7. The van der Waals surface area contributed by atoms with Crippen LogP contribution in [0.3, 0.4) is 0 Å². The van der Waals surface area contributed by atoms with Gasteiger partial charge >= 0.3 is 5.97 Å². The van der Waals surface area contributed by atoms with E-state index in [-0.39, 0.29) is 23.6 Å². The second kappa shape index (κ2) is 5.83. The summed E-state index contributed by atoms with van der Waals surface area (Å²) < 4.78 is 4.82. The Kier molecular flexibility index (Phi) is 4.71. The third-order valence-electron chi connectivity index (χ3n) is 3.22. The van der Waals surface area contributed by atoms with Crippen molar-refractivity contribution in [1.29, 1.82) is 0 Å². The van der Waals surface area contributed by atoms with Gasteiger partial charge in [0.1, 0.15) is 5.78 Å². The van der Waals surface area contributed by atoms with Gasteiger partial charge in [0.05, 0.1) is 13.0 Å². The summed E-state index contributed by atoms with van der Waals surface area (Å²) >= 11 is 0. The molecule has 90 valence electrons. The zero-order chi connectivity index (χ0) is 12.1. The van der Waals surface area contributed by atoms with Crippen molar-refractivity contribution in [2.75, 3.05) is 7.11 Å². The number of ether oxygens (including phenoxy) is 1. The van der Waals surface area contributed by atoms with E-state index in [1.807, 2.05) is 0 Å². The van der Waals surface area contributed by atoms with Crippen LogP contribution in [0.25, 0.3) is 0 Å². The summed E-state index contributed by atoms with van der Waals surface area (Å²) in [6, 6.07) is 0. The molecule has 0 aromatic carbocycles. The number of methoxy groups -OCH3 is 1. The first-order valence-corrected chi connectivity index (χ1v) is 5.87. The summed E-state index contributed by atoms with van der Waals surface area (Å²) in [5, 5.41) is 0. The third-order valence-corrected chi connectivity index (χ3v) is 3.22. The van der Waals surface area contributed by atoms with Crippen LogP contribution in [0.1, 0.15) is 39.0 Å². The maximum atomic E-state index is 11.7. The Hall–Kier alpha value is -1.12. The molecule has 0 aliphatic heterocycles. The Morgan fingerprint density at radius 3 is 2.75 bits per heavy atom. The summed E-state index contributed by atoms with van der Waals surface area (Å²) in [6.07, 6.45) is 3.68. The van der Waals surface area contributed by atoms with Crippen LogP contribution in [0.5, 0.6) is 0 Å². The van der Waals surface area contributed by atoms with E-state index in [4.69, 9.17) is 4.74 Å². The van der Waals surface area contributed by atoms with E-state index in [1.165, 1.54) is 7.11 Å². The first-order chi connectivity index (χ1) is 7.60. The zero-order valence-corrected chi connectivity index (χ0v) is 10.1. The average Bonchev–Trinajstić information content (AvgIpc) is 2.65. The SMILES string of the molecule is C=C(CCC)C(C(=O)OC)C1CCC(=O)C1. The molecule has 0 aromatic rings. The number of carbonyl (C=O) groups excluding carboxylic acids is 2. The number of hydrogen-bond acceptors (Lipinski definition) is 3. The molecule has 0 amide bonds. The van der Waals surface area contributed by atoms with Gasteiger partial charge in [-0.2, -0.15) is 0 Å². The largest absolute Gasteiger partial charge is 0.469 e. The summed E-state index contributed by atoms with van der Waals surface area (Å²) in [5.74, 6) is -0.156. The van der Waals surface area contributed by atoms with Crippen LogP contribution >= 0.6 is 0 Å². The zero-order valence-electron chi connectivity index (χ0n) is 10.1. The summed E-state index contributed by atoms with van der Waals surface area (Å²) in [7, 11) is 1.39. The molecule has 3 nitrogen and oxygen atoms in total. The van der Waals surface area contributed by atoms with Crippen LogP contribution in [0.2, 0.25) is 0 Å². The van der Waals surface area contributed by atoms with Gasteiger partial charge in [0.25, 0.3) is 0 Å². The van der Waals surface area contributed by atoms with Crippen molar-refractivity contribution >= 4 is 11.8 Å². The minimum atomic E-state index is -0.281. The molecular weight excluding hydrogens is 204 g/mol. The number of carbonyl (C=O) groups is 2. The predicted octanol–water partition coefficient (Wildman–Crippen LogP) is 2.50. The Morgan fingerprint density at radius 2 is 2.31 bits per heavy atom. The van der Waals surface area contributed by atoms with Crippen molar-refractivity contribution in [2.45, 2.75) is 39.0 Å². The fraction of sp³-hybridized carbons (Fsp3) is 0.692. The summed E-state index contributed by atoms with van der Waals surface area (Å²) in [4.78, 5) is 23.0. The number of esters is 1. The monoisotopic (exact) mass is 224 g/mol. The maximum Gasteiger partial charge on any atom is 0.313 e. The Balaban J connectivity index is 2.74. The summed E-state index contributed by atoms with van der Waals surface area (Å²) in [6.45, 7) is 6.03. The molecule has 1 fully saturated rings. The predicted molar refractivity (Wildman–Crippen MR) is 61.9 cm³/mol. The van der Waals surface area contributed by atoms with Gasteiger partial charge in [0.2, 0.25) is 0 Å². The molecule has 0 heterocycles. The van der Waals surface area contributed by atoms with Gasteiger partial charge in [-0.25, -0.2) is 0 Å². The highest BCUT2D eigenvalue weighted by atomic mass is 16.5. The van der Waals surface area contributed by atoms with Crippen LogP contribution in [-0.2, 0) is 14.3 Å². The molecule has 0 radical (unpaired) electrons. The second-order valence-electron chi connectivity index (χ2n) is 4.45. The number of Topliss-reactive ketones (excluding diaryl/α,β-unsaturated/α-hetero) is 1. The lowest BCUT2D eigenvalue weighted by Crippen LogP contribution is -2.25. The van der Waals surface area contributed by atoms with Crippen LogP contribution < -0.4 is 0 Å². The number of rotatable bonds is 5. The molecule has 2 unspecified atom stereocenters. The molecular formula is C13H20O3. The highest BCUT2D eigenvalue weighted by Crippen LogP contribution is 2.35. The quantitative estimate of drug-likeness (QED) is 0.532. The second-order valence-corrected chi connectivity index (χ2v) is 4.45. The average molecular weight is 224 g/mol. The van der Waals surface area contributed by atoms with Gasteiger partial charge in [-0.1, -0.05) is 25.5 Å². The van der Waals surface area contributed by atoms with Crippen LogP contribution in [0.4, 0.5) is 0 Å². The third kappa shape index (κ3) is 2.94. The molecule has 1 aliphatic carbocycles. The van der Waals surface area contributed by atoms with E-state index >= 15 is 0 Å². The minimum Gasteiger partial charge on any atom is -0.469 e. The van der Waals surface area contributed by atoms with Crippen molar-refractivity contribution in [1.82, 2.24) is 0 Å². The van der Waals surface area contributed by atoms with Gasteiger partial charge < -0.3 is 4.74 Å². The smallest absolute Gasteiger partial charge is 0.313 e. The molecule has 0 aromatic heterocycles. The Bertz CT molecular complexity index is 294. The number of ketones is 1. The fourth-order valence-corrected chi connectivity index (χ4v) is 2.42. The summed E-state index contributed by atoms with van der Waals surface area (Å²) in [5.41, 5.74) is 0.911. The lowest BCUT2D eigenvalue weighted by Gasteiger charge is -2.22. The van der Waals surface area contributed by atoms with Crippen molar-refractivity contribution in [3.8, 4) is 0 Å².